The van der Waals surface area contributed by atoms with E-state index in [1.165, 1.54) is 7.11 Å². The largest absolute Gasteiger partial charge is 0.469 e. The van der Waals surface area contributed by atoms with Crippen LogP contribution in [0.4, 0.5) is 0 Å². The van der Waals surface area contributed by atoms with Crippen molar-refractivity contribution in [1.82, 2.24) is 15.5 Å². The highest BCUT2D eigenvalue weighted by Crippen LogP contribution is 2.30. The molecule has 2 aromatic carbocycles. The van der Waals surface area contributed by atoms with Crippen molar-refractivity contribution >= 4 is 23.7 Å². The van der Waals surface area contributed by atoms with Crippen LogP contribution < -0.4 is 10.6 Å². The Balaban J connectivity index is 1.75. The van der Waals surface area contributed by atoms with Gasteiger partial charge in [-0.2, -0.15) is 0 Å². The number of carbonyl (C=O) groups excluding carboxylic acids is 4. The number of nitrogens with zero attached hydrogens (tertiary/aromatic N) is 1. The number of methoxy groups -OCH3 is 1. The minimum absolute atomic E-state index is 0.110. The molecule has 1 fully saturated rings. The van der Waals surface area contributed by atoms with E-state index in [4.69, 9.17) is 4.74 Å². The quantitative estimate of drug-likeness (QED) is 0.219. The summed E-state index contributed by atoms with van der Waals surface area (Å²) in [6.45, 7) is 9.33. The van der Waals surface area contributed by atoms with Crippen LogP contribution in [-0.2, 0) is 20.7 Å². The Kier molecular flexibility index (Phi) is 14.7. The number of amides is 3. The van der Waals surface area contributed by atoms with Crippen molar-refractivity contribution in [3.63, 3.8) is 0 Å². The highest BCUT2D eigenvalue weighted by molar-refractivity contribution is 5.99. The number of nitrogens with one attached hydrogen (secondary N) is 2. The van der Waals surface area contributed by atoms with E-state index in [0.717, 1.165) is 31.2 Å². The maximum Gasteiger partial charge on any atom is 0.308 e. The summed E-state index contributed by atoms with van der Waals surface area (Å²) < 4.78 is 4.96. The van der Waals surface area contributed by atoms with E-state index in [-0.39, 0.29) is 42.1 Å². The molecule has 3 amide bonds. The molecule has 6 unspecified atom stereocenters. The molecule has 3 N–H and O–H groups in total. The molecule has 0 saturated heterocycles. The Morgan fingerprint density at radius 2 is 1.61 bits per heavy atom. The van der Waals surface area contributed by atoms with Crippen molar-refractivity contribution in [1.29, 1.82) is 0 Å². The number of aliphatic hydroxyl groups excluding tert-OH is 1. The van der Waals surface area contributed by atoms with Gasteiger partial charge in [0, 0.05) is 36.2 Å². The second-order valence-corrected chi connectivity index (χ2v) is 12.8. The molecule has 0 aromatic heterocycles. The summed E-state index contributed by atoms with van der Waals surface area (Å²) in [6, 6.07) is 15.5. The van der Waals surface area contributed by atoms with Crippen LogP contribution in [0.1, 0.15) is 98.9 Å². The van der Waals surface area contributed by atoms with Crippen LogP contribution in [0, 0.1) is 17.8 Å². The van der Waals surface area contributed by atoms with Gasteiger partial charge < -0.3 is 25.4 Å². The molecule has 0 aliphatic heterocycles. The number of esters is 1. The molecule has 1 saturated carbocycles. The lowest BCUT2D eigenvalue weighted by molar-refractivity contribution is -0.147. The van der Waals surface area contributed by atoms with Crippen LogP contribution in [0.3, 0.4) is 0 Å². The van der Waals surface area contributed by atoms with E-state index >= 15 is 0 Å². The molecule has 0 heterocycles. The number of rotatable bonds is 16. The second kappa shape index (κ2) is 18.4. The number of hydrogen-bond donors (Lipinski definition) is 3. The average molecular weight is 636 g/mol. The van der Waals surface area contributed by atoms with Crippen LogP contribution in [0.5, 0.6) is 0 Å². The molecule has 0 radical (unpaired) electrons. The summed E-state index contributed by atoms with van der Waals surface area (Å²) in [7, 11) is 1.39. The first kappa shape index (κ1) is 36.7. The van der Waals surface area contributed by atoms with Gasteiger partial charge in [-0.1, -0.05) is 64.1 Å². The van der Waals surface area contributed by atoms with Crippen molar-refractivity contribution in [2.24, 2.45) is 17.8 Å². The lowest BCUT2D eigenvalue weighted by Crippen LogP contribution is -2.48. The van der Waals surface area contributed by atoms with Crippen LogP contribution in [0.15, 0.2) is 54.6 Å². The summed E-state index contributed by atoms with van der Waals surface area (Å²) >= 11 is 0. The molecule has 9 heteroatoms. The molecule has 0 bridgehead atoms. The number of hydrogen-bond acceptors (Lipinski definition) is 6. The van der Waals surface area contributed by atoms with Crippen molar-refractivity contribution < 1.29 is 29.0 Å². The van der Waals surface area contributed by atoms with Gasteiger partial charge >= 0.3 is 5.97 Å². The smallest absolute Gasteiger partial charge is 0.308 e. The van der Waals surface area contributed by atoms with Gasteiger partial charge in [0.2, 0.25) is 5.91 Å². The molecule has 252 valence electrons. The number of carbonyl (C=O) groups is 4. The van der Waals surface area contributed by atoms with E-state index in [1.807, 2.05) is 51.1 Å². The number of benzene rings is 2. The van der Waals surface area contributed by atoms with E-state index in [0.29, 0.717) is 43.5 Å². The standard InChI is InChI=1S/C37H53N3O6/c1-6-17-40(18-7-2)36(44)29-16-12-15-28(22-29)35(43)39-32(21-26-13-10-9-11-14-26)33(41)24-27(8-3)34(42)38-31-20-25(4)19-30(23-31)37(45)46-5/h9-16,22,25,27,30-33,41H,6-8,17-21,23-24H2,1-5H3,(H,38,42)(H,39,43). The Morgan fingerprint density at radius 1 is 0.935 bits per heavy atom. The highest BCUT2D eigenvalue weighted by Gasteiger charge is 2.34. The normalized spacial score (nSPS) is 19.7. The Morgan fingerprint density at radius 3 is 2.24 bits per heavy atom. The third kappa shape index (κ3) is 10.7. The fourth-order valence-electron chi connectivity index (χ4n) is 6.55. The molecule has 0 spiro atoms. The fourth-order valence-corrected chi connectivity index (χ4v) is 6.55. The van der Waals surface area contributed by atoms with Crippen LogP contribution in [0.25, 0.3) is 0 Å². The maximum atomic E-state index is 13.6. The Hall–Kier alpha value is -3.72. The van der Waals surface area contributed by atoms with Gasteiger partial charge in [0.05, 0.1) is 25.2 Å². The monoisotopic (exact) mass is 635 g/mol. The van der Waals surface area contributed by atoms with Crippen molar-refractivity contribution in [3.05, 3.63) is 71.3 Å². The first-order chi connectivity index (χ1) is 22.1. The Bertz CT molecular complexity index is 1280. The van der Waals surface area contributed by atoms with E-state index in [9.17, 15) is 24.3 Å². The van der Waals surface area contributed by atoms with Gasteiger partial charge in [0.25, 0.3) is 11.8 Å². The topological polar surface area (TPSA) is 125 Å². The highest BCUT2D eigenvalue weighted by atomic mass is 16.5. The maximum absolute atomic E-state index is 13.6. The summed E-state index contributed by atoms with van der Waals surface area (Å²) in [5.41, 5.74) is 1.72. The zero-order chi connectivity index (χ0) is 33.6. The van der Waals surface area contributed by atoms with Crippen LogP contribution in [0.2, 0.25) is 0 Å². The predicted molar refractivity (Wildman–Crippen MR) is 179 cm³/mol. The summed E-state index contributed by atoms with van der Waals surface area (Å²) in [5, 5.41) is 17.7. The van der Waals surface area contributed by atoms with E-state index < -0.39 is 24.0 Å². The molecular formula is C37H53N3O6. The molecule has 2 aromatic rings. The van der Waals surface area contributed by atoms with E-state index in [2.05, 4.69) is 17.6 Å². The zero-order valence-corrected chi connectivity index (χ0v) is 28.2. The van der Waals surface area contributed by atoms with Crippen LogP contribution >= 0.6 is 0 Å². The van der Waals surface area contributed by atoms with Crippen molar-refractivity contribution in [3.8, 4) is 0 Å². The fraction of sp³-hybridized carbons (Fsp3) is 0.568. The van der Waals surface area contributed by atoms with Gasteiger partial charge in [-0.05, 0) is 81.0 Å². The zero-order valence-electron chi connectivity index (χ0n) is 28.2. The molecule has 1 aliphatic carbocycles. The average Bonchev–Trinajstić information content (AvgIpc) is 3.06. The first-order valence-electron chi connectivity index (χ1n) is 16.9. The van der Waals surface area contributed by atoms with Crippen molar-refractivity contribution in [2.75, 3.05) is 20.2 Å². The second-order valence-electron chi connectivity index (χ2n) is 12.8. The molecule has 1 aliphatic rings. The summed E-state index contributed by atoms with van der Waals surface area (Å²) in [5.74, 6) is -1.37. The predicted octanol–water partition coefficient (Wildman–Crippen LogP) is 5.16. The van der Waals surface area contributed by atoms with E-state index in [1.54, 1.807) is 29.2 Å². The lowest BCUT2D eigenvalue weighted by atomic mass is 9.79. The van der Waals surface area contributed by atoms with Gasteiger partial charge in [-0.15, -0.1) is 0 Å². The molecule has 9 nitrogen and oxygen atoms in total. The number of ether oxygens (including phenoxy) is 1. The van der Waals surface area contributed by atoms with Gasteiger partial charge in [0.1, 0.15) is 0 Å². The third-order valence-corrected chi connectivity index (χ3v) is 8.94. The molecule has 6 atom stereocenters. The van der Waals surface area contributed by atoms with Crippen molar-refractivity contribution in [2.45, 2.75) is 97.2 Å². The van der Waals surface area contributed by atoms with Gasteiger partial charge in [-0.3, -0.25) is 19.2 Å². The number of aliphatic hydroxyl groups is 1. The first-order valence-corrected chi connectivity index (χ1v) is 16.9. The minimum Gasteiger partial charge on any atom is -0.469 e. The lowest BCUT2D eigenvalue weighted by Gasteiger charge is -2.33. The van der Waals surface area contributed by atoms with Crippen LogP contribution in [-0.4, -0.2) is 72.1 Å². The van der Waals surface area contributed by atoms with Gasteiger partial charge in [-0.25, -0.2) is 0 Å². The summed E-state index contributed by atoms with van der Waals surface area (Å²) in [6.07, 6.45) is 3.76. The third-order valence-electron chi connectivity index (χ3n) is 8.94. The summed E-state index contributed by atoms with van der Waals surface area (Å²) in [4.78, 5) is 54.2. The Labute approximate surface area is 274 Å². The van der Waals surface area contributed by atoms with Gasteiger partial charge in [0.15, 0.2) is 0 Å². The minimum atomic E-state index is -1.01. The molecular weight excluding hydrogens is 582 g/mol. The molecule has 3 rings (SSSR count). The molecule has 46 heavy (non-hydrogen) atoms. The SMILES string of the molecule is CCCN(CCC)C(=O)c1cccc(C(=O)NC(Cc2ccccc2)C(O)CC(CC)C(=O)NC2CC(C)CC(C(=O)OC)C2)c1.